The van der Waals surface area contributed by atoms with Crippen molar-refractivity contribution in [1.29, 1.82) is 0 Å². The standard InChI is InChI=1S/C24H23FN2O3S/c1-17-15-19-7-4-6-10-23(19)27(17)24(28)18-11-13-21(14-12-18)26(31(2,29)30)16-20-8-3-5-9-22(20)25/h3-14,17H,15-16H2,1-2H3/t17-/m0/s1. The Morgan fingerprint density at radius 2 is 1.68 bits per heavy atom. The average molecular weight is 439 g/mol. The maximum atomic E-state index is 14.1. The summed E-state index contributed by atoms with van der Waals surface area (Å²) >= 11 is 0. The smallest absolute Gasteiger partial charge is 0.258 e. The number of rotatable bonds is 5. The van der Waals surface area contributed by atoms with Gasteiger partial charge in [0, 0.05) is 22.9 Å². The third kappa shape index (κ3) is 4.18. The maximum Gasteiger partial charge on any atom is 0.258 e. The lowest BCUT2D eigenvalue weighted by Gasteiger charge is -2.25. The Hall–Kier alpha value is -3.19. The number of anilines is 2. The Labute approximate surface area is 181 Å². The van der Waals surface area contributed by atoms with Gasteiger partial charge in [-0.15, -0.1) is 0 Å². The zero-order valence-electron chi connectivity index (χ0n) is 17.3. The van der Waals surface area contributed by atoms with Crippen LogP contribution in [0.4, 0.5) is 15.8 Å². The van der Waals surface area contributed by atoms with Crippen LogP contribution in [0.1, 0.15) is 28.4 Å². The summed E-state index contributed by atoms with van der Waals surface area (Å²) < 4.78 is 40.0. The molecule has 31 heavy (non-hydrogen) atoms. The quantitative estimate of drug-likeness (QED) is 0.594. The number of sulfonamides is 1. The van der Waals surface area contributed by atoms with Crippen LogP contribution >= 0.6 is 0 Å². The van der Waals surface area contributed by atoms with Crippen molar-refractivity contribution in [2.45, 2.75) is 25.9 Å². The molecule has 7 heteroatoms. The van der Waals surface area contributed by atoms with Crippen LogP contribution in [0.2, 0.25) is 0 Å². The molecule has 5 nitrogen and oxygen atoms in total. The first kappa shape index (κ1) is 21.1. The van der Waals surface area contributed by atoms with Crippen molar-refractivity contribution in [3.8, 4) is 0 Å². The molecule has 0 saturated heterocycles. The summed E-state index contributed by atoms with van der Waals surface area (Å²) in [6.07, 6.45) is 1.88. The van der Waals surface area contributed by atoms with Crippen molar-refractivity contribution >= 4 is 27.3 Å². The van der Waals surface area contributed by atoms with Gasteiger partial charge in [0.15, 0.2) is 0 Å². The van der Waals surface area contributed by atoms with Crippen LogP contribution in [0.5, 0.6) is 0 Å². The molecule has 1 aliphatic heterocycles. The first-order chi connectivity index (χ1) is 14.8. The van der Waals surface area contributed by atoms with E-state index in [0.717, 1.165) is 28.2 Å². The van der Waals surface area contributed by atoms with Crippen LogP contribution in [0, 0.1) is 5.82 Å². The summed E-state index contributed by atoms with van der Waals surface area (Å²) in [5, 5.41) is 0. The predicted molar refractivity (Wildman–Crippen MR) is 120 cm³/mol. The SMILES string of the molecule is C[C@H]1Cc2ccccc2N1C(=O)c1ccc(N(Cc2ccccc2F)S(C)(=O)=O)cc1. The van der Waals surface area contributed by atoms with E-state index in [1.165, 1.54) is 6.07 Å². The van der Waals surface area contributed by atoms with E-state index >= 15 is 0 Å². The number of carbonyl (C=O) groups excluding carboxylic acids is 1. The number of carbonyl (C=O) groups is 1. The summed E-state index contributed by atoms with van der Waals surface area (Å²) in [4.78, 5) is 15.0. The molecule has 0 fully saturated rings. The molecule has 0 spiro atoms. The fraction of sp³-hybridized carbons (Fsp3) is 0.208. The average Bonchev–Trinajstić information content (AvgIpc) is 3.07. The molecule has 3 aromatic rings. The highest BCUT2D eigenvalue weighted by Crippen LogP contribution is 2.33. The highest BCUT2D eigenvalue weighted by atomic mass is 32.2. The molecule has 0 aromatic heterocycles. The molecule has 1 aliphatic rings. The summed E-state index contributed by atoms with van der Waals surface area (Å²) in [7, 11) is -3.66. The van der Waals surface area contributed by atoms with Gasteiger partial charge in [-0.2, -0.15) is 0 Å². The van der Waals surface area contributed by atoms with Crippen molar-refractivity contribution in [1.82, 2.24) is 0 Å². The molecule has 0 unspecified atom stereocenters. The largest absolute Gasteiger partial charge is 0.305 e. The van der Waals surface area contributed by atoms with Crippen LogP contribution in [0.15, 0.2) is 72.8 Å². The Bertz CT molecular complexity index is 1230. The minimum Gasteiger partial charge on any atom is -0.305 e. The summed E-state index contributed by atoms with van der Waals surface area (Å²) in [5.74, 6) is -0.603. The zero-order valence-corrected chi connectivity index (χ0v) is 18.1. The lowest BCUT2D eigenvalue weighted by atomic mass is 10.1. The lowest BCUT2D eigenvalue weighted by Crippen LogP contribution is -2.35. The van der Waals surface area contributed by atoms with Gasteiger partial charge in [-0.25, -0.2) is 12.8 Å². The molecule has 1 atom stereocenters. The lowest BCUT2D eigenvalue weighted by molar-refractivity contribution is 0.0981. The van der Waals surface area contributed by atoms with E-state index in [9.17, 15) is 17.6 Å². The molecule has 3 aromatic carbocycles. The number of nitrogens with zero attached hydrogens (tertiary/aromatic N) is 2. The fourth-order valence-electron chi connectivity index (χ4n) is 3.97. The minimum absolute atomic E-state index is 0.0400. The van der Waals surface area contributed by atoms with Gasteiger partial charge in [0.2, 0.25) is 10.0 Å². The Balaban J connectivity index is 1.62. The summed E-state index contributed by atoms with van der Waals surface area (Å²) in [6, 6.07) is 20.3. The van der Waals surface area contributed by atoms with Crippen LogP contribution in [-0.2, 0) is 23.0 Å². The van der Waals surface area contributed by atoms with Crippen molar-refractivity contribution in [3.63, 3.8) is 0 Å². The molecule has 0 aliphatic carbocycles. The first-order valence-electron chi connectivity index (χ1n) is 9.98. The predicted octanol–water partition coefficient (Wildman–Crippen LogP) is 4.38. The highest BCUT2D eigenvalue weighted by Gasteiger charge is 2.31. The molecular weight excluding hydrogens is 415 g/mol. The Morgan fingerprint density at radius 3 is 2.35 bits per heavy atom. The van der Waals surface area contributed by atoms with E-state index in [-0.39, 0.29) is 24.1 Å². The number of benzene rings is 3. The highest BCUT2D eigenvalue weighted by molar-refractivity contribution is 7.92. The molecule has 0 saturated carbocycles. The normalized spacial score (nSPS) is 15.6. The van der Waals surface area contributed by atoms with Crippen LogP contribution < -0.4 is 9.21 Å². The van der Waals surface area contributed by atoms with Gasteiger partial charge in [-0.05, 0) is 55.3 Å². The second-order valence-electron chi connectivity index (χ2n) is 7.76. The molecule has 1 amide bonds. The molecule has 160 valence electrons. The second kappa shape index (κ2) is 8.15. The van der Waals surface area contributed by atoms with Crippen LogP contribution in [0.3, 0.4) is 0 Å². The van der Waals surface area contributed by atoms with Crippen molar-refractivity contribution in [2.24, 2.45) is 0 Å². The number of halogens is 1. The maximum absolute atomic E-state index is 14.1. The second-order valence-corrected chi connectivity index (χ2v) is 9.67. The number of hydrogen-bond donors (Lipinski definition) is 0. The summed E-state index contributed by atoms with van der Waals surface area (Å²) in [5.41, 5.74) is 3.15. The molecule has 0 bridgehead atoms. The van der Waals surface area contributed by atoms with Gasteiger partial charge in [0.1, 0.15) is 5.82 Å². The van der Waals surface area contributed by atoms with E-state index in [0.29, 0.717) is 11.3 Å². The van der Waals surface area contributed by atoms with Gasteiger partial charge in [0.05, 0.1) is 18.5 Å². The molecular formula is C24H23FN2O3S. The number of fused-ring (bicyclic) bond motifs is 1. The zero-order chi connectivity index (χ0) is 22.2. The van der Waals surface area contributed by atoms with Crippen molar-refractivity contribution in [2.75, 3.05) is 15.5 Å². The fourth-order valence-corrected chi connectivity index (χ4v) is 4.84. The van der Waals surface area contributed by atoms with Crippen LogP contribution in [0.25, 0.3) is 0 Å². The van der Waals surface area contributed by atoms with Gasteiger partial charge in [-0.3, -0.25) is 9.10 Å². The molecule has 0 N–H and O–H groups in total. The number of para-hydroxylation sites is 1. The minimum atomic E-state index is -3.66. The third-order valence-corrected chi connectivity index (χ3v) is 6.64. The van der Waals surface area contributed by atoms with E-state index in [1.807, 2.05) is 31.2 Å². The van der Waals surface area contributed by atoms with Crippen molar-refractivity contribution in [3.05, 3.63) is 95.3 Å². The monoisotopic (exact) mass is 438 g/mol. The molecule has 4 rings (SSSR count). The number of hydrogen-bond acceptors (Lipinski definition) is 3. The van der Waals surface area contributed by atoms with Gasteiger partial charge in [-0.1, -0.05) is 36.4 Å². The van der Waals surface area contributed by atoms with E-state index in [2.05, 4.69) is 0 Å². The van der Waals surface area contributed by atoms with Crippen molar-refractivity contribution < 1.29 is 17.6 Å². The first-order valence-corrected chi connectivity index (χ1v) is 11.8. The Morgan fingerprint density at radius 1 is 1.03 bits per heavy atom. The topological polar surface area (TPSA) is 57.7 Å². The Kier molecular flexibility index (Phi) is 5.54. The van der Waals surface area contributed by atoms with E-state index in [4.69, 9.17) is 0 Å². The molecule has 1 heterocycles. The van der Waals surface area contributed by atoms with Gasteiger partial charge >= 0.3 is 0 Å². The van der Waals surface area contributed by atoms with E-state index in [1.54, 1.807) is 47.4 Å². The van der Waals surface area contributed by atoms with Gasteiger partial charge < -0.3 is 4.90 Å². The summed E-state index contributed by atoms with van der Waals surface area (Å²) in [6.45, 7) is 1.88. The number of amides is 1. The van der Waals surface area contributed by atoms with Crippen LogP contribution in [-0.4, -0.2) is 26.6 Å². The third-order valence-electron chi connectivity index (χ3n) is 5.50. The van der Waals surface area contributed by atoms with E-state index < -0.39 is 15.8 Å². The van der Waals surface area contributed by atoms with Gasteiger partial charge in [0.25, 0.3) is 5.91 Å². The molecule has 0 radical (unpaired) electrons.